The lowest BCUT2D eigenvalue weighted by Gasteiger charge is -2.34. The number of unbranched alkanes of at least 4 members (excludes halogenated alkanes) is 1. The molecular formula is C17H28ClNO2. The minimum Gasteiger partial charge on any atom is -0.444 e. The third-order valence-electron chi connectivity index (χ3n) is 3.67. The summed E-state index contributed by atoms with van der Waals surface area (Å²) in [6, 6.07) is 0.278. The van der Waals surface area contributed by atoms with E-state index in [0.717, 1.165) is 38.5 Å². The topological polar surface area (TPSA) is 29.5 Å². The Balaban J connectivity index is 2.37. The standard InChI is InChI=1S/C17H28ClNO2/c1-17(2,3)21-16(20)19(4)15-11-9-14(10-12-15)8-6-5-7-13-18/h14-15H,5,7,9-13H2,1-4H3. The molecule has 1 fully saturated rings. The first-order valence-corrected chi connectivity index (χ1v) is 8.37. The smallest absolute Gasteiger partial charge is 0.410 e. The summed E-state index contributed by atoms with van der Waals surface area (Å²) in [5, 5.41) is 0. The van der Waals surface area contributed by atoms with E-state index in [1.807, 2.05) is 27.8 Å². The molecule has 0 aromatic heterocycles. The highest BCUT2D eigenvalue weighted by Gasteiger charge is 2.28. The summed E-state index contributed by atoms with van der Waals surface area (Å²) in [7, 11) is 1.84. The first-order valence-electron chi connectivity index (χ1n) is 7.83. The molecule has 0 aromatic rings. The highest BCUT2D eigenvalue weighted by atomic mass is 35.5. The van der Waals surface area contributed by atoms with Crippen molar-refractivity contribution in [3.05, 3.63) is 0 Å². The lowest BCUT2D eigenvalue weighted by Crippen LogP contribution is -2.42. The van der Waals surface area contributed by atoms with Crippen LogP contribution in [0.4, 0.5) is 4.79 Å². The molecule has 0 spiro atoms. The molecule has 0 aliphatic heterocycles. The molecule has 1 saturated carbocycles. The lowest BCUT2D eigenvalue weighted by molar-refractivity contribution is 0.0180. The van der Waals surface area contributed by atoms with Crippen LogP contribution in [0.15, 0.2) is 0 Å². The molecule has 0 heterocycles. The Kier molecular flexibility index (Phi) is 7.39. The fourth-order valence-corrected chi connectivity index (χ4v) is 2.60. The Bertz CT molecular complexity index is 384. The van der Waals surface area contributed by atoms with Crippen LogP contribution >= 0.6 is 11.6 Å². The molecule has 0 bridgehead atoms. The van der Waals surface area contributed by atoms with Crippen molar-refractivity contribution in [2.45, 2.75) is 70.9 Å². The zero-order chi connectivity index (χ0) is 15.9. The quantitative estimate of drug-likeness (QED) is 0.438. The first kappa shape index (κ1) is 18.2. The molecule has 0 radical (unpaired) electrons. The van der Waals surface area contributed by atoms with Crippen LogP contribution < -0.4 is 0 Å². The second-order valence-corrected chi connectivity index (χ2v) is 7.09. The van der Waals surface area contributed by atoms with Crippen LogP contribution in [0.3, 0.4) is 0 Å². The summed E-state index contributed by atoms with van der Waals surface area (Å²) >= 11 is 5.64. The van der Waals surface area contributed by atoms with E-state index in [9.17, 15) is 4.79 Å². The third-order valence-corrected chi connectivity index (χ3v) is 3.93. The normalized spacial score (nSPS) is 22.1. The van der Waals surface area contributed by atoms with Crippen molar-refractivity contribution in [2.75, 3.05) is 12.9 Å². The zero-order valence-corrected chi connectivity index (χ0v) is 14.5. The average Bonchev–Trinajstić information content (AvgIpc) is 2.41. The van der Waals surface area contributed by atoms with Crippen LogP contribution in [0.1, 0.15) is 59.3 Å². The van der Waals surface area contributed by atoms with Crippen molar-refractivity contribution in [1.29, 1.82) is 0 Å². The number of amides is 1. The molecule has 0 saturated heterocycles. The van der Waals surface area contributed by atoms with Crippen molar-refractivity contribution in [3.63, 3.8) is 0 Å². The highest BCUT2D eigenvalue weighted by molar-refractivity contribution is 6.17. The molecule has 120 valence electrons. The number of ether oxygens (including phenoxy) is 1. The molecule has 3 nitrogen and oxygen atoms in total. The maximum Gasteiger partial charge on any atom is 0.410 e. The van der Waals surface area contributed by atoms with Gasteiger partial charge in [-0.25, -0.2) is 4.79 Å². The van der Waals surface area contributed by atoms with Gasteiger partial charge in [0.1, 0.15) is 5.60 Å². The molecule has 1 aliphatic carbocycles. The summed E-state index contributed by atoms with van der Waals surface area (Å²) in [6.07, 6.45) is 5.76. The average molecular weight is 314 g/mol. The van der Waals surface area contributed by atoms with Gasteiger partial charge in [-0.1, -0.05) is 5.92 Å². The SMILES string of the molecule is CN(C(=O)OC(C)(C)C)C1CCC(C#CCCCCl)CC1. The van der Waals surface area contributed by atoms with Gasteiger partial charge in [0.15, 0.2) is 0 Å². The van der Waals surface area contributed by atoms with Gasteiger partial charge in [0.2, 0.25) is 0 Å². The number of carbonyl (C=O) groups excluding carboxylic acids is 1. The van der Waals surface area contributed by atoms with E-state index in [-0.39, 0.29) is 12.1 Å². The van der Waals surface area contributed by atoms with Gasteiger partial charge >= 0.3 is 6.09 Å². The van der Waals surface area contributed by atoms with E-state index >= 15 is 0 Å². The van der Waals surface area contributed by atoms with Gasteiger partial charge < -0.3 is 9.64 Å². The maximum atomic E-state index is 12.0. The second-order valence-electron chi connectivity index (χ2n) is 6.71. The second kappa shape index (κ2) is 8.54. The van der Waals surface area contributed by atoms with Gasteiger partial charge in [-0.2, -0.15) is 0 Å². The molecule has 0 aromatic carbocycles. The first-order chi connectivity index (χ1) is 9.83. The van der Waals surface area contributed by atoms with Gasteiger partial charge in [0.25, 0.3) is 0 Å². The van der Waals surface area contributed by atoms with Gasteiger partial charge in [-0.15, -0.1) is 17.5 Å². The Labute approximate surface area is 134 Å². The van der Waals surface area contributed by atoms with E-state index in [2.05, 4.69) is 11.8 Å². The molecule has 0 unspecified atom stereocenters. The number of hydrogen-bond donors (Lipinski definition) is 0. The molecule has 0 atom stereocenters. The Morgan fingerprint density at radius 1 is 1.29 bits per heavy atom. The Morgan fingerprint density at radius 2 is 1.90 bits per heavy atom. The molecular weight excluding hydrogens is 286 g/mol. The number of alkyl halides is 1. The zero-order valence-electron chi connectivity index (χ0n) is 13.7. The van der Waals surface area contributed by atoms with Crippen molar-refractivity contribution in [1.82, 2.24) is 4.90 Å². The summed E-state index contributed by atoms with van der Waals surface area (Å²) in [4.78, 5) is 13.8. The van der Waals surface area contributed by atoms with Crippen LogP contribution in [0.2, 0.25) is 0 Å². The van der Waals surface area contributed by atoms with Crippen LogP contribution in [-0.2, 0) is 4.74 Å². The van der Waals surface area contributed by atoms with Gasteiger partial charge in [-0.3, -0.25) is 0 Å². The van der Waals surface area contributed by atoms with E-state index in [0.29, 0.717) is 11.8 Å². The maximum absolute atomic E-state index is 12.0. The molecule has 1 aliphatic rings. The molecule has 1 rings (SSSR count). The summed E-state index contributed by atoms with van der Waals surface area (Å²) in [5.41, 5.74) is -0.434. The molecule has 4 heteroatoms. The van der Waals surface area contributed by atoms with Crippen molar-refractivity contribution >= 4 is 17.7 Å². The monoisotopic (exact) mass is 313 g/mol. The minimum atomic E-state index is -0.434. The number of hydrogen-bond acceptors (Lipinski definition) is 2. The van der Waals surface area contributed by atoms with E-state index in [1.54, 1.807) is 4.90 Å². The number of nitrogens with zero attached hydrogens (tertiary/aromatic N) is 1. The fraction of sp³-hybridized carbons (Fsp3) is 0.824. The van der Waals surface area contributed by atoms with Crippen LogP contribution in [0, 0.1) is 17.8 Å². The number of rotatable bonds is 3. The summed E-state index contributed by atoms with van der Waals surface area (Å²) < 4.78 is 5.42. The fourth-order valence-electron chi connectivity index (χ4n) is 2.46. The Morgan fingerprint density at radius 3 is 2.43 bits per heavy atom. The summed E-state index contributed by atoms with van der Waals surface area (Å²) in [6.45, 7) is 5.68. The van der Waals surface area contributed by atoms with Crippen LogP contribution in [0.25, 0.3) is 0 Å². The van der Waals surface area contributed by atoms with Crippen LogP contribution in [-0.4, -0.2) is 35.6 Å². The minimum absolute atomic E-state index is 0.223. The third kappa shape index (κ3) is 7.09. The number of carbonyl (C=O) groups is 1. The van der Waals surface area contributed by atoms with E-state index in [4.69, 9.17) is 16.3 Å². The molecule has 0 N–H and O–H groups in total. The van der Waals surface area contributed by atoms with Crippen molar-refractivity contribution < 1.29 is 9.53 Å². The van der Waals surface area contributed by atoms with Gasteiger partial charge in [0, 0.05) is 31.3 Å². The predicted molar refractivity (Wildman–Crippen MR) is 87.5 cm³/mol. The summed E-state index contributed by atoms with van der Waals surface area (Å²) in [5.74, 6) is 7.71. The Hall–Kier alpha value is -0.880. The predicted octanol–water partition coefficient (Wildman–Crippen LogP) is 4.43. The largest absolute Gasteiger partial charge is 0.444 e. The van der Waals surface area contributed by atoms with Crippen molar-refractivity contribution in [3.8, 4) is 11.8 Å². The highest BCUT2D eigenvalue weighted by Crippen LogP contribution is 2.27. The van der Waals surface area contributed by atoms with Crippen molar-refractivity contribution in [2.24, 2.45) is 5.92 Å². The van der Waals surface area contributed by atoms with E-state index in [1.165, 1.54) is 0 Å². The number of halogens is 1. The molecule has 21 heavy (non-hydrogen) atoms. The van der Waals surface area contributed by atoms with E-state index < -0.39 is 5.60 Å². The lowest BCUT2D eigenvalue weighted by atomic mass is 9.86. The van der Waals surface area contributed by atoms with Crippen LogP contribution in [0.5, 0.6) is 0 Å². The van der Waals surface area contributed by atoms with Gasteiger partial charge in [0.05, 0.1) is 0 Å². The molecule has 1 amide bonds. The van der Waals surface area contributed by atoms with Gasteiger partial charge in [-0.05, 0) is 52.9 Å².